The number of ether oxygens (including phenoxy) is 1. The summed E-state index contributed by atoms with van der Waals surface area (Å²) in [6.45, 7) is 4.12. The van der Waals surface area contributed by atoms with Crippen molar-refractivity contribution < 1.29 is 17.9 Å². The van der Waals surface area contributed by atoms with Gasteiger partial charge in [-0.25, -0.2) is 14.4 Å². The maximum atomic E-state index is 15.8. The molecule has 0 bridgehead atoms. The molecular formula is C31H26F3N5O2. The first-order chi connectivity index (χ1) is 19.8. The lowest BCUT2D eigenvalue weighted by Crippen LogP contribution is -2.33. The van der Waals surface area contributed by atoms with E-state index in [1.54, 1.807) is 43.6 Å². The number of pyridine rings is 1. The molecule has 2 aromatic carbocycles. The summed E-state index contributed by atoms with van der Waals surface area (Å²) in [5.74, 6) is -3.28. The fraction of sp³-hybridized carbons (Fsp3) is 0.290. The van der Waals surface area contributed by atoms with Gasteiger partial charge in [0.05, 0.1) is 36.7 Å². The van der Waals surface area contributed by atoms with Gasteiger partial charge < -0.3 is 10.1 Å². The third kappa shape index (κ3) is 4.76. The molecular weight excluding hydrogens is 531 g/mol. The highest BCUT2D eigenvalue weighted by atomic mass is 19.3. The summed E-state index contributed by atoms with van der Waals surface area (Å²) in [4.78, 5) is 21.9. The number of benzene rings is 2. The second-order valence-corrected chi connectivity index (χ2v) is 10.4. The number of fused-ring (bicyclic) bond motifs is 3. The molecule has 3 heterocycles. The number of piperidine rings is 1. The summed E-state index contributed by atoms with van der Waals surface area (Å²) < 4.78 is 53.2. The topological polar surface area (TPSA) is 92.8 Å². The molecule has 1 fully saturated rings. The van der Waals surface area contributed by atoms with Crippen molar-refractivity contribution in [2.24, 2.45) is 5.92 Å². The summed E-state index contributed by atoms with van der Waals surface area (Å²) in [5.41, 5.74) is -0.930. The minimum absolute atomic E-state index is 0.0357. The van der Waals surface area contributed by atoms with E-state index in [0.29, 0.717) is 35.2 Å². The van der Waals surface area contributed by atoms with Crippen LogP contribution in [0.3, 0.4) is 0 Å². The van der Waals surface area contributed by atoms with E-state index in [1.807, 2.05) is 6.07 Å². The molecule has 1 aliphatic heterocycles. The standard InChI is InChI=1S/C31H26F3N5O2/c1-18(39-28-25(13-27(32)30(39)40)24-11-20(14-35)5-6-26(24)31(28,33)34)21-3-2-4-22(12-21)29-37-15-23(16-38-29)41-17-19-7-9-36-10-8-19/h2-6,11-13,15-16,18-19,36H,7-10,17H2,1H3/t18-/m0/s1. The Labute approximate surface area is 234 Å². The number of aromatic nitrogens is 3. The van der Waals surface area contributed by atoms with Crippen molar-refractivity contribution >= 4 is 0 Å². The van der Waals surface area contributed by atoms with Crippen LogP contribution in [0.5, 0.6) is 5.75 Å². The van der Waals surface area contributed by atoms with E-state index < -0.39 is 29.0 Å². The van der Waals surface area contributed by atoms with Crippen LogP contribution in [0.25, 0.3) is 22.5 Å². The van der Waals surface area contributed by atoms with E-state index in [0.717, 1.165) is 42.6 Å². The monoisotopic (exact) mass is 557 g/mol. The maximum absolute atomic E-state index is 15.8. The molecule has 1 aliphatic carbocycles. The van der Waals surface area contributed by atoms with Crippen molar-refractivity contribution in [3.8, 4) is 34.3 Å². The Bertz CT molecular complexity index is 1720. The molecule has 6 rings (SSSR count). The van der Waals surface area contributed by atoms with Crippen LogP contribution in [0.1, 0.15) is 48.2 Å². The van der Waals surface area contributed by atoms with E-state index in [1.165, 1.54) is 12.1 Å². The van der Waals surface area contributed by atoms with Gasteiger partial charge in [0.15, 0.2) is 17.4 Å². The van der Waals surface area contributed by atoms with Crippen LogP contribution in [-0.4, -0.2) is 34.2 Å². The van der Waals surface area contributed by atoms with Gasteiger partial charge in [0.25, 0.3) is 5.56 Å². The Hall–Kier alpha value is -4.49. The Kier molecular flexibility index (Phi) is 6.83. The van der Waals surface area contributed by atoms with Gasteiger partial charge in [-0.15, -0.1) is 0 Å². The Morgan fingerprint density at radius 3 is 2.61 bits per heavy atom. The Balaban J connectivity index is 1.32. The molecule has 10 heteroatoms. The summed E-state index contributed by atoms with van der Waals surface area (Å²) in [6, 6.07) is 12.4. The van der Waals surface area contributed by atoms with Crippen molar-refractivity contribution in [3.63, 3.8) is 0 Å². The molecule has 0 unspecified atom stereocenters. The molecule has 1 atom stereocenters. The van der Waals surface area contributed by atoms with Gasteiger partial charge in [-0.3, -0.25) is 9.36 Å². The lowest BCUT2D eigenvalue weighted by Gasteiger charge is -2.24. The van der Waals surface area contributed by atoms with Gasteiger partial charge in [0.2, 0.25) is 0 Å². The number of nitrogens with one attached hydrogen (secondary N) is 1. The van der Waals surface area contributed by atoms with Crippen LogP contribution in [0.15, 0.2) is 65.7 Å². The van der Waals surface area contributed by atoms with E-state index in [2.05, 4.69) is 15.3 Å². The third-order valence-corrected chi connectivity index (χ3v) is 7.85. The second kappa shape index (κ2) is 10.5. The number of alkyl halides is 2. The van der Waals surface area contributed by atoms with Crippen LogP contribution in [0, 0.1) is 23.1 Å². The molecule has 208 valence electrons. The first-order valence-corrected chi connectivity index (χ1v) is 13.4. The molecule has 7 nitrogen and oxygen atoms in total. The Morgan fingerprint density at radius 1 is 1.12 bits per heavy atom. The molecule has 0 saturated carbocycles. The molecule has 2 aliphatic rings. The largest absolute Gasteiger partial charge is 0.490 e. The highest BCUT2D eigenvalue weighted by molar-refractivity contribution is 5.79. The second-order valence-electron chi connectivity index (χ2n) is 10.4. The average Bonchev–Trinajstić information content (AvgIpc) is 3.22. The number of nitrogens with zero attached hydrogens (tertiary/aromatic N) is 4. The SMILES string of the molecule is C[C@@H](c1cccc(-c2ncc(OCC3CCNCC3)cn2)c1)n1c2c(cc(F)c1=O)-c1cc(C#N)ccc1C2(F)F. The highest BCUT2D eigenvalue weighted by Crippen LogP contribution is 2.51. The molecule has 1 saturated heterocycles. The van der Waals surface area contributed by atoms with E-state index in [4.69, 9.17) is 4.74 Å². The van der Waals surface area contributed by atoms with Crippen LogP contribution in [0.4, 0.5) is 13.2 Å². The quantitative estimate of drug-likeness (QED) is 0.340. The first kappa shape index (κ1) is 26.7. The van der Waals surface area contributed by atoms with E-state index >= 15 is 8.78 Å². The maximum Gasteiger partial charge on any atom is 0.314 e. The zero-order valence-corrected chi connectivity index (χ0v) is 22.2. The van der Waals surface area contributed by atoms with Crippen molar-refractivity contribution in [1.82, 2.24) is 19.9 Å². The lowest BCUT2D eigenvalue weighted by molar-refractivity contribution is 0.0374. The van der Waals surface area contributed by atoms with Gasteiger partial charge >= 0.3 is 5.92 Å². The minimum atomic E-state index is -3.57. The van der Waals surface area contributed by atoms with Gasteiger partial charge in [0, 0.05) is 16.7 Å². The molecule has 1 N–H and O–H groups in total. The van der Waals surface area contributed by atoms with Crippen molar-refractivity contribution in [3.05, 3.63) is 99.5 Å². The first-order valence-electron chi connectivity index (χ1n) is 13.4. The molecule has 0 radical (unpaired) electrons. The highest BCUT2D eigenvalue weighted by Gasteiger charge is 2.48. The van der Waals surface area contributed by atoms with Gasteiger partial charge in [-0.2, -0.15) is 14.0 Å². The number of nitriles is 1. The molecule has 41 heavy (non-hydrogen) atoms. The lowest BCUT2D eigenvalue weighted by atomic mass is 9.99. The summed E-state index contributed by atoms with van der Waals surface area (Å²) in [7, 11) is 0. The predicted molar refractivity (Wildman–Crippen MR) is 146 cm³/mol. The molecule has 2 aromatic heterocycles. The zero-order chi connectivity index (χ0) is 28.7. The average molecular weight is 558 g/mol. The molecule has 0 amide bonds. The predicted octanol–water partition coefficient (Wildman–Crippen LogP) is 5.42. The van der Waals surface area contributed by atoms with Crippen LogP contribution in [0.2, 0.25) is 0 Å². The minimum Gasteiger partial charge on any atom is -0.490 e. The molecule has 0 spiro atoms. The van der Waals surface area contributed by atoms with Gasteiger partial charge in [-0.1, -0.05) is 24.3 Å². The fourth-order valence-corrected chi connectivity index (χ4v) is 5.63. The van der Waals surface area contributed by atoms with Crippen molar-refractivity contribution in [2.45, 2.75) is 31.7 Å². The Morgan fingerprint density at radius 2 is 1.88 bits per heavy atom. The number of hydrogen-bond donors (Lipinski definition) is 1. The summed E-state index contributed by atoms with van der Waals surface area (Å²) >= 11 is 0. The smallest absolute Gasteiger partial charge is 0.314 e. The van der Waals surface area contributed by atoms with E-state index in [-0.39, 0.29) is 22.3 Å². The van der Waals surface area contributed by atoms with Crippen molar-refractivity contribution in [2.75, 3.05) is 19.7 Å². The normalized spacial score (nSPS) is 16.5. The van der Waals surface area contributed by atoms with Crippen molar-refractivity contribution in [1.29, 1.82) is 5.26 Å². The number of halogens is 3. The number of hydrogen-bond acceptors (Lipinski definition) is 6. The summed E-state index contributed by atoms with van der Waals surface area (Å²) in [5, 5.41) is 12.6. The zero-order valence-electron chi connectivity index (χ0n) is 22.2. The fourth-order valence-electron chi connectivity index (χ4n) is 5.63. The van der Waals surface area contributed by atoms with Gasteiger partial charge in [-0.05, 0) is 74.2 Å². The van der Waals surface area contributed by atoms with Crippen LogP contribution >= 0.6 is 0 Å². The van der Waals surface area contributed by atoms with Crippen LogP contribution in [-0.2, 0) is 5.92 Å². The van der Waals surface area contributed by atoms with Gasteiger partial charge in [0.1, 0.15) is 5.69 Å². The number of rotatable bonds is 6. The molecule has 4 aromatic rings. The third-order valence-electron chi connectivity index (χ3n) is 7.85. The van der Waals surface area contributed by atoms with Crippen LogP contribution < -0.4 is 15.6 Å². The summed E-state index contributed by atoms with van der Waals surface area (Å²) in [6.07, 6.45) is 5.30. The van der Waals surface area contributed by atoms with E-state index in [9.17, 15) is 14.4 Å².